The summed E-state index contributed by atoms with van der Waals surface area (Å²) < 4.78 is 1.71. The zero-order valence-electron chi connectivity index (χ0n) is 13.9. The molecule has 0 radical (unpaired) electrons. The van der Waals surface area contributed by atoms with Gasteiger partial charge in [-0.15, -0.1) is 0 Å². The molecule has 3 rings (SSSR count). The molecule has 7 nitrogen and oxygen atoms in total. The number of urea groups is 1. The van der Waals surface area contributed by atoms with Gasteiger partial charge in [0.2, 0.25) is 0 Å². The summed E-state index contributed by atoms with van der Waals surface area (Å²) in [5, 5.41) is 27.2. The average Bonchev–Trinajstić information content (AvgIpc) is 2.91. The summed E-state index contributed by atoms with van der Waals surface area (Å²) in [5.41, 5.74) is 1.80. The van der Waals surface area contributed by atoms with E-state index < -0.39 is 12.2 Å². The molecule has 0 unspecified atom stereocenters. The number of aromatic nitrogens is 2. The molecule has 1 aromatic heterocycles. The molecule has 0 aliphatic carbocycles. The second kappa shape index (κ2) is 7.43. The van der Waals surface area contributed by atoms with Crippen LogP contribution < -0.4 is 5.32 Å². The molecule has 25 heavy (non-hydrogen) atoms. The van der Waals surface area contributed by atoms with Gasteiger partial charge in [0, 0.05) is 17.6 Å². The quantitative estimate of drug-likeness (QED) is 0.775. The first-order chi connectivity index (χ1) is 11.9. The largest absolute Gasteiger partial charge is 0.390 e. The molecule has 0 bridgehead atoms. The lowest BCUT2D eigenvalue weighted by Crippen LogP contribution is -2.50. The Balaban J connectivity index is 1.70. The second-order valence-corrected chi connectivity index (χ2v) is 6.69. The van der Waals surface area contributed by atoms with Crippen LogP contribution in [0, 0.1) is 6.92 Å². The van der Waals surface area contributed by atoms with Gasteiger partial charge in [-0.3, -0.25) is 5.32 Å². The van der Waals surface area contributed by atoms with Crippen LogP contribution in [0.4, 0.5) is 10.6 Å². The van der Waals surface area contributed by atoms with E-state index in [0.717, 1.165) is 11.3 Å². The molecular weight excluding hydrogens is 344 g/mol. The van der Waals surface area contributed by atoms with Crippen LogP contribution in [-0.4, -0.2) is 56.2 Å². The highest BCUT2D eigenvalue weighted by Crippen LogP contribution is 2.17. The number of halogens is 1. The van der Waals surface area contributed by atoms with Crippen molar-refractivity contribution in [3.8, 4) is 0 Å². The highest BCUT2D eigenvalue weighted by atomic mass is 35.5. The van der Waals surface area contributed by atoms with Gasteiger partial charge in [0.15, 0.2) is 0 Å². The molecule has 1 aliphatic rings. The van der Waals surface area contributed by atoms with E-state index >= 15 is 0 Å². The SMILES string of the molecule is Cc1cc(NC(=O)N2CC[C@H](O)[C@@H](O)C2)n(Cc2ccc(Cl)cc2)n1. The zero-order valence-corrected chi connectivity index (χ0v) is 14.6. The lowest BCUT2D eigenvalue weighted by atomic mass is 10.1. The Morgan fingerprint density at radius 2 is 2.04 bits per heavy atom. The number of anilines is 1. The number of rotatable bonds is 3. The first kappa shape index (κ1) is 17.7. The van der Waals surface area contributed by atoms with Crippen molar-refractivity contribution in [3.05, 3.63) is 46.6 Å². The number of β-amino-alcohol motifs (C(OH)–C–C–N with tert-alkyl or cyclic N) is 1. The summed E-state index contributed by atoms with van der Waals surface area (Å²) in [4.78, 5) is 13.9. The van der Waals surface area contributed by atoms with Crippen LogP contribution in [0.1, 0.15) is 17.7 Å². The minimum atomic E-state index is -0.916. The van der Waals surface area contributed by atoms with Gasteiger partial charge in [-0.2, -0.15) is 5.10 Å². The standard InChI is InChI=1S/C17H21ClN4O3/c1-11-8-16(19-17(25)21-7-6-14(23)15(24)10-21)22(20-11)9-12-2-4-13(18)5-3-12/h2-5,8,14-15,23-24H,6-7,9-10H2,1H3,(H,19,25)/t14-,15-/m0/s1. The maximum atomic E-state index is 12.4. The van der Waals surface area contributed by atoms with Crippen molar-refractivity contribution in [1.82, 2.24) is 14.7 Å². The fourth-order valence-corrected chi connectivity index (χ4v) is 2.95. The van der Waals surface area contributed by atoms with Crippen LogP contribution in [0.5, 0.6) is 0 Å². The van der Waals surface area contributed by atoms with Crippen molar-refractivity contribution >= 4 is 23.4 Å². The van der Waals surface area contributed by atoms with E-state index in [1.165, 1.54) is 4.90 Å². The van der Waals surface area contributed by atoms with Crippen molar-refractivity contribution in [3.63, 3.8) is 0 Å². The summed E-state index contributed by atoms with van der Waals surface area (Å²) in [7, 11) is 0. The van der Waals surface area contributed by atoms with E-state index in [0.29, 0.717) is 30.4 Å². The number of hydrogen-bond acceptors (Lipinski definition) is 4. The number of amides is 2. The van der Waals surface area contributed by atoms with E-state index in [2.05, 4.69) is 10.4 Å². The number of aliphatic hydroxyl groups is 2. The number of nitrogens with one attached hydrogen (secondary N) is 1. The van der Waals surface area contributed by atoms with Gasteiger partial charge in [-0.25, -0.2) is 9.48 Å². The number of likely N-dealkylation sites (tertiary alicyclic amines) is 1. The fraction of sp³-hybridized carbons (Fsp3) is 0.412. The third-order valence-corrected chi connectivity index (χ3v) is 4.47. The molecule has 2 atom stereocenters. The maximum absolute atomic E-state index is 12.4. The van der Waals surface area contributed by atoms with Crippen molar-refractivity contribution in [1.29, 1.82) is 0 Å². The summed E-state index contributed by atoms with van der Waals surface area (Å²) >= 11 is 5.90. The Kier molecular flexibility index (Phi) is 5.27. The number of benzene rings is 1. The summed E-state index contributed by atoms with van der Waals surface area (Å²) in [6.07, 6.45) is -1.33. The Morgan fingerprint density at radius 1 is 1.32 bits per heavy atom. The van der Waals surface area contributed by atoms with Gasteiger partial charge in [0.05, 0.1) is 31.0 Å². The number of nitrogens with zero attached hydrogens (tertiary/aromatic N) is 3. The minimum absolute atomic E-state index is 0.108. The molecule has 2 aromatic rings. The number of hydrogen-bond donors (Lipinski definition) is 3. The predicted molar refractivity (Wildman–Crippen MR) is 94.7 cm³/mol. The molecular formula is C17H21ClN4O3. The van der Waals surface area contributed by atoms with E-state index in [1.807, 2.05) is 31.2 Å². The Labute approximate surface area is 150 Å². The summed E-state index contributed by atoms with van der Waals surface area (Å²) in [5.74, 6) is 0.582. The second-order valence-electron chi connectivity index (χ2n) is 6.25. The molecule has 1 saturated heterocycles. The Morgan fingerprint density at radius 3 is 2.72 bits per heavy atom. The molecule has 1 fully saturated rings. The average molecular weight is 365 g/mol. The van der Waals surface area contributed by atoms with Crippen LogP contribution in [0.2, 0.25) is 5.02 Å². The monoisotopic (exact) mass is 364 g/mol. The maximum Gasteiger partial charge on any atom is 0.323 e. The van der Waals surface area contributed by atoms with Crippen molar-refractivity contribution in [2.75, 3.05) is 18.4 Å². The Hall–Kier alpha value is -2.09. The van der Waals surface area contributed by atoms with Gasteiger partial charge in [-0.1, -0.05) is 23.7 Å². The normalized spacial score (nSPS) is 20.6. The lowest BCUT2D eigenvalue weighted by molar-refractivity contribution is -0.0263. The van der Waals surface area contributed by atoms with E-state index in [1.54, 1.807) is 10.7 Å². The zero-order chi connectivity index (χ0) is 18.0. The van der Waals surface area contributed by atoms with Crippen LogP contribution in [0.25, 0.3) is 0 Å². The summed E-state index contributed by atoms with van der Waals surface area (Å²) in [6, 6.07) is 8.92. The van der Waals surface area contributed by atoms with Crippen LogP contribution in [-0.2, 0) is 6.54 Å². The van der Waals surface area contributed by atoms with Gasteiger partial charge in [0.1, 0.15) is 5.82 Å². The minimum Gasteiger partial charge on any atom is -0.390 e. The molecule has 2 heterocycles. The van der Waals surface area contributed by atoms with E-state index in [-0.39, 0.29) is 12.6 Å². The first-order valence-electron chi connectivity index (χ1n) is 8.13. The molecule has 8 heteroatoms. The van der Waals surface area contributed by atoms with E-state index in [4.69, 9.17) is 11.6 Å². The lowest BCUT2D eigenvalue weighted by Gasteiger charge is -2.33. The van der Waals surface area contributed by atoms with Crippen LogP contribution in [0.3, 0.4) is 0 Å². The van der Waals surface area contributed by atoms with Crippen molar-refractivity contribution in [2.24, 2.45) is 0 Å². The molecule has 1 aliphatic heterocycles. The van der Waals surface area contributed by atoms with Crippen molar-refractivity contribution < 1.29 is 15.0 Å². The number of carbonyl (C=O) groups is 1. The molecule has 1 aromatic carbocycles. The van der Waals surface area contributed by atoms with Crippen molar-refractivity contribution in [2.45, 2.75) is 32.1 Å². The molecule has 3 N–H and O–H groups in total. The number of aryl methyl sites for hydroxylation is 1. The molecule has 2 amide bonds. The van der Waals surface area contributed by atoms with Gasteiger partial charge in [0.25, 0.3) is 0 Å². The third-order valence-electron chi connectivity index (χ3n) is 4.22. The number of aliphatic hydroxyl groups excluding tert-OH is 2. The van der Waals surface area contributed by atoms with Crippen LogP contribution in [0.15, 0.2) is 30.3 Å². The molecule has 0 saturated carbocycles. The molecule has 134 valence electrons. The predicted octanol–water partition coefficient (Wildman–Crippen LogP) is 1.85. The smallest absolute Gasteiger partial charge is 0.323 e. The van der Waals surface area contributed by atoms with Gasteiger partial charge in [-0.05, 0) is 31.0 Å². The Bertz CT molecular complexity index is 747. The fourth-order valence-electron chi connectivity index (χ4n) is 2.82. The highest BCUT2D eigenvalue weighted by Gasteiger charge is 2.29. The van der Waals surface area contributed by atoms with Gasteiger partial charge < -0.3 is 15.1 Å². The molecule has 0 spiro atoms. The topological polar surface area (TPSA) is 90.6 Å². The first-order valence-corrected chi connectivity index (χ1v) is 8.51. The highest BCUT2D eigenvalue weighted by molar-refractivity contribution is 6.30. The van der Waals surface area contributed by atoms with Crippen LogP contribution >= 0.6 is 11.6 Å². The van der Waals surface area contributed by atoms with Gasteiger partial charge >= 0.3 is 6.03 Å². The number of piperidine rings is 1. The summed E-state index contributed by atoms with van der Waals surface area (Å²) in [6.45, 7) is 2.86. The van der Waals surface area contributed by atoms with E-state index in [9.17, 15) is 15.0 Å². The number of carbonyl (C=O) groups excluding carboxylic acids is 1. The third kappa shape index (κ3) is 4.31.